The number of nitrogens with two attached hydrogens (primary N) is 1. The molecule has 0 bridgehead atoms. The fourth-order valence-corrected chi connectivity index (χ4v) is 3.45. The molecule has 0 aliphatic heterocycles. The highest BCUT2D eigenvalue weighted by Crippen LogP contribution is 2.27. The second-order valence-electron chi connectivity index (χ2n) is 7.02. The molecule has 6 nitrogen and oxygen atoms in total. The number of hydrogen-bond donors (Lipinski definition) is 2. The van der Waals surface area contributed by atoms with Crippen LogP contribution in [0.25, 0.3) is 22.2 Å². The van der Waals surface area contributed by atoms with Crippen molar-refractivity contribution < 1.29 is 14.3 Å². The van der Waals surface area contributed by atoms with Crippen molar-refractivity contribution >= 4 is 22.7 Å². The van der Waals surface area contributed by atoms with Crippen LogP contribution in [0.15, 0.2) is 84.9 Å². The van der Waals surface area contributed by atoms with Crippen LogP contribution in [-0.4, -0.2) is 23.9 Å². The van der Waals surface area contributed by atoms with Gasteiger partial charge in [-0.05, 0) is 42.0 Å². The molecule has 0 saturated carbocycles. The van der Waals surface area contributed by atoms with Gasteiger partial charge in [-0.2, -0.15) is 0 Å². The summed E-state index contributed by atoms with van der Waals surface area (Å²) >= 11 is 0. The molecule has 154 valence electrons. The highest BCUT2D eigenvalue weighted by molar-refractivity contribution is 6.08. The first-order chi connectivity index (χ1) is 15.1. The van der Waals surface area contributed by atoms with Crippen molar-refractivity contribution in [2.45, 2.75) is 6.04 Å². The first-order valence-corrected chi connectivity index (χ1v) is 9.76. The van der Waals surface area contributed by atoms with Crippen molar-refractivity contribution in [3.63, 3.8) is 0 Å². The summed E-state index contributed by atoms with van der Waals surface area (Å²) in [6.07, 6.45) is 0. The third kappa shape index (κ3) is 4.23. The van der Waals surface area contributed by atoms with Gasteiger partial charge in [0.2, 0.25) is 5.91 Å². The van der Waals surface area contributed by atoms with Gasteiger partial charge in [-0.15, -0.1) is 0 Å². The third-order valence-corrected chi connectivity index (χ3v) is 5.04. The van der Waals surface area contributed by atoms with E-state index in [0.717, 1.165) is 11.3 Å². The summed E-state index contributed by atoms with van der Waals surface area (Å²) in [6, 6.07) is 24.5. The largest absolute Gasteiger partial charge is 0.497 e. The highest BCUT2D eigenvalue weighted by atomic mass is 16.5. The lowest BCUT2D eigenvalue weighted by molar-refractivity contribution is -0.120. The summed E-state index contributed by atoms with van der Waals surface area (Å²) in [5.41, 5.74) is 8.78. The fourth-order valence-electron chi connectivity index (χ4n) is 3.45. The number of pyridine rings is 1. The van der Waals surface area contributed by atoms with E-state index in [1.165, 1.54) is 0 Å². The van der Waals surface area contributed by atoms with Crippen LogP contribution < -0.4 is 15.8 Å². The predicted molar refractivity (Wildman–Crippen MR) is 120 cm³/mol. The number of primary amides is 1. The van der Waals surface area contributed by atoms with Crippen molar-refractivity contribution in [2.75, 3.05) is 7.11 Å². The van der Waals surface area contributed by atoms with E-state index in [-0.39, 0.29) is 0 Å². The average Bonchev–Trinajstić information content (AvgIpc) is 2.82. The SMILES string of the molecule is COc1ccc(-c2cc(C(=O)NC(C(N)=O)c3ccccc3)c3ccccc3n2)cc1. The van der Waals surface area contributed by atoms with E-state index in [2.05, 4.69) is 5.32 Å². The Morgan fingerprint density at radius 2 is 1.61 bits per heavy atom. The molecule has 0 radical (unpaired) electrons. The molecular formula is C25H21N3O3. The number of nitrogens with zero attached hydrogens (tertiary/aromatic N) is 1. The van der Waals surface area contributed by atoms with Gasteiger partial charge >= 0.3 is 0 Å². The van der Waals surface area contributed by atoms with Gasteiger partial charge in [0.15, 0.2) is 0 Å². The number of hydrogen-bond acceptors (Lipinski definition) is 4. The molecule has 3 aromatic carbocycles. The lowest BCUT2D eigenvalue weighted by Gasteiger charge is -2.17. The summed E-state index contributed by atoms with van der Waals surface area (Å²) < 4.78 is 5.22. The zero-order chi connectivity index (χ0) is 21.8. The number of para-hydroxylation sites is 1. The number of nitrogens with one attached hydrogen (secondary N) is 1. The Kier molecular flexibility index (Phi) is 5.62. The molecule has 1 unspecified atom stereocenters. The quantitative estimate of drug-likeness (QED) is 0.504. The summed E-state index contributed by atoms with van der Waals surface area (Å²) in [5, 5.41) is 3.47. The van der Waals surface area contributed by atoms with Gasteiger partial charge in [0.1, 0.15) is 11.8 Å². The molecule has 1 aromatic heterocycles. The van der Waals surface area contributed by atoms with Gasteiger partial charge in [0, 0.05) is 10.9 Å². The molecule has 3 N–H and O–H groups in total. The van der Waals surface area contributed by atoms with E-state index in [1.807, 2.05) is 54.6 Å². The van der Waals surface area contributed by atoms with E-state index >= 15 is 0 Å². The molecule has 4 aromatic rings. The first kappa shape index (κ1) is 20.1. The smallest absolute Gasteiger partial charge is 0.252 e. The number of amides is 2. The first-order valence-electron chi connectivity index (χ1n) is 9.76. The van der Waals surface area contributed by atoms with E-state index in [9.17, 15) is 9.59 Å². The van der Waals surface area contributed by atoms with Gasteiger partial charge < -0.3 is 15.8 Å². The molecule has 0 aliphatic rings. The van der Waals surface area contributed by atoms with Crippen LogP contribution in [0.1, 0.15) is 22.0 Å². The molecule has 0 fully saturated rings. The second-order valence-corrected chi connectivity index (χ2v) is 7.02. The van der Waals surface area contributed by atoms with Gasteiger partial charge in [-0.25, -0.2) is 4.98 Å². The predicted octanol–water partition coefficient (Wildman–Crippen LogP) is 3.87. The highest BCUT2D eigenvalue weighted by Gasteiger charge is 2.22. The summed E-state index contributed by atoms with van der Waals surface area (Å²) in [5.74, 6) is -0.302. The topological polar surface area (TPSA) is 94.3 Å². The number of ether oxygens (including phenoxy) is 1. The van der Waals surface area contributed by atoms with Gasteiger partial charge in [-0.1, -0.05) is 48.5 Å². The van der Waals surface area contributed by atoms with Crippen LogP contribution in [0.2, 0.25) is 0 Å². The van der Waals surface area contributed by atoms with Gasteiger partial charge in [-0.3, -0.25) is 9.59 Å². The summed E-state index contributed by atoms with van der Waals surface area (Å²) in [6.45, 7) is 0. The minimum Gasteiger partial charge on any atom is -0.497 e. The Hall–Kier alpha value is -4.19. The van der Waals surface area contributed by atoms with Crippen LogP contribution in [-0.2, 0) is 4.79 Å². The molecule has 4 rings (SSSR count). The molecule has 0 spiro atoms. The van der Waals surface area contributed by atoms with Crippen LogP contribution in [0.4, 0.5) is 0 Å². The number of aromatic nitrogens is 1. The maximum Gasteiger partial charge on any atom is 0.252 e. The van der Waals surface area contributed by atoms with Crippen molar-refractivity contribution in [1.29, 1.82) is 0 Å². The zero-order valence-corrected chi connectivity index (χ0v) is 16.9. The maximum absolute atomic E-state index is 13.3. The van der Waals surface area contributed by atoms with Crippen molar-refractivity contribution in [1.82, 2.24) is 10.3 Å². The average molecular weight is 411 g/mol. The second kappa shape index (κ2) is 8.67. The Bertz CT molecular complexity index is 1240. The Morgan fingerprint density at radius 1 is 0.935 bits per heavy atom. The van der Waals surface area contributed by atoms with Crippen LogP contribution >= 0.6 is 0 Å². The Morgan fingerprint density at radius 3 is 2.29 bits per heavy atom. The summed E-state index contributed by atoms with van der Waals surface area (Å²) in [4.78, 5) is 30.0. The van der Waals surface area contributed by atoms with Crippen molar-refractivity contribution in [3.8, 4) is 17.0 Å². The minimum absolute atomic E-state index is 0.402. The lowest BCUT2D eigenvalue weighted by Crippen LogP contribution is -2.37. The number of carbonyl (C=O) groups excluding carboxylic acids is 2. The van der Waals surface area contributed by atoms with Crippen molar-refractivity contribution in [2.24, 2.45) is 5.73 Å². The number of carbonyl (C=O) groups is 2. The molecule has 0 saturated heterocycles. The molecular weight excluding hydrogens is 390 g/mol. The number of rotatable bonds is 6. The van der Waals surface area contributed by atoms with E-state index in [4.69, 9.17) is 15.5 Å². The van der Waals surface area contributed by atoms with Crippen molar-refractivity contribution in [3.05, 3.63) is 96.1 Å². The number of benzene rings is 3. The fraction of sp³-hybridized carbons (Fsp3) is 0.0800. The molecule has 0 aliphatic carbocycles. The normalized spacial score (nSPS) is 11.6. The maximum atomic E-state index is 13.3. The number of methoxy groups -OCH3 is 1. The van der Waals surface area contributed by atoms with E-state index in [0.29, 0.717) is 27.7 Å². The summed E-state index contributed by atoms with van der Waals surface area (Å²) in [7, 11) is 1.60. The van der Waals surface area contributed by atoms with Crippen LogP contribution in [0, 0.1) is 0 Å². The van der Waals surface area contributed by atoms with Crippen LogP contribution in [0.5, 0.6) is 5.75 Å². The minimum atomic E-state index is -0.940. The lowest BCUT2D eigenvalue weighted by atomic mass is 10.0. The van der Waals surface area contributed by atoms with E-state index < -0.39 is 17.9 Å². The molecule has 1 heterocycles. The third-order valence-electron chi connectivity index (χ3n) is 5.04. The molecule has 6 heteroatoms. The molecule has 2 amide bonds. The monoisotopic (exact) mass is 411 g/mol. The van der Waals surface area contributed by atoms with Gasteiger partial charge in [0.05, 0.1) is 23.9 Å². The van der Waals surface area contributed by atoms with E-state index in [1.54, 1.807) is 37.4 Å². The molecule has 1 atom stereocenters. The van der Waals surface area contributed by atoms with Gasteiger partial charge in [0.25, 0.3) is 5.91 Å². The number of fused-ring (bicyclic) bond motifs is 1. The Labute approximate surface area is 179 Å². The standard InChI is InChI=1S/C25H21N3O3/c1-31-18-13-11-16(12-14-18)22-15-20(19-9-5-6-10-21(19)27-22)25(30)28-23(24(26)29)17-7-3-2-4-8-17/h2-15,23H,1H3,(H2,26,29)(H,28,30). The zero-order valence-electron chi connectivity index (χ0n) is 16.9. The van der Waals surface area contributed by atoms with Crippen LogP contribution in [0.3, 0.4) is 0 Å². The Balaban J connectivity index is 1.76. The molecule has 31 heavy (non-hydrogen) atoms.